The highest BCUT2D eigenvalue weighted by atomic mass is 16.7. The molecule has 0 aromatic heterocycles. The second kappa shape index (κ2) is 39.7. The molecule has 0 aliphatic carbocycles. The molecule has 5 saturated heterocycles. The Balaban J connectivity index is 1.24. The zero-order valence-corrected chi connectivity index (χ0v) is 55.9. The van der Waals surface area contributed by atoms with E-state index < -0.39 is 272 Å². The number of carbonyl (C=O) groups excluding carboxylic acids is 2. The van der Waals surface area contributed by atoms with Gasteiger partial charge >= 0.3 is 11.9 Å². The van der Waals surface area contributed by atoms with Gasteiger partial charge in [-0.2, -0.15) is 0 Å². The normalized spacial score (nSPS) is 45.8. The first kappa shape index (κ1) is 83.9. The lowest BCUT2D eigenvalue weighted by Gasteiger charge is -2.47. The Hall–Kier alpha value is -4.04. The van der Waals surface area contributed by atoms with E-state index in [4.69, 9.17) is 70.3 Å². The van der Waals surface area contributed by atoms with Crippen LogP contribution in [-0.4, -0.2) is 308 Å². The van der Waals surface area contributed by atoms with Gasteiger partial charge in [0.1, 0.15) is 67.5 Å². The van der Waals surface area contributed by atoms with E-state index in [9.17, 15) is 96.4 Å². The highest BCUT2D eigenvalue weighted by molar-refractivity contribution is 5.74. The van der Waals surface area contributed by atoms with Crippen molar-refractivity contribution in [3.05, 3.63) is 85.1 Å². The number of ether oxygens (including phenoxy) is 10. The Kier molecular flexibility index (Phi) is 33.7. The molecule has 99 heavy (non-hydrogen) atoms. The Morgan fingerprint density at radius 1 is 0.525 bits per heavy atom. The largest absolute Gasteiger partial charge is 0.463 e. The summed E-state index contributed by atoms with van der Waals surface area (Å²) in [5.41, 5.74) is 24.7. The van der Waals surface area contributed by atoms with E-state index in [1.54, 1.807) is 93.7 Å². The van der Waals surface area contributed by atoms with Crippen molar-refractivity contribution in [3.8, 4) is 0 Å². The standard InChI is InChI=1S/C66H108N4O29/c1-31-17-15-13-11-9-7-5-6-8-10-12-14-16-18-38(94-65-59(86)49(67)54(81)34(4)93-65)24-43-48(42(78)26-66(89,99-43)25-37(75)22-41(77)40(76)20-19-35(73)21-36(74)23-47(79)92-33(3)32(2)53(31)80)61(87)90-30-46-39(55(82)50(68)62(88)95-46)29-91-63-52(70)58(85)60(45(28-72)97-63)98-64-51(69)57(84)56(83)44(27-71)96-64/h5-18,31-46,48-60,62-65,71-78,80-86,88-89H,19-30,67-70H2,1-4H3. The van der Waals surface area contributed by atoms with Crippen molar-refractivity contribution < 1.29 is 144 Å². The second-order valence-corrected chi connectivity index (χ2v) is 26.7. The highest BCUT2D eigenvalue weighted by Gasteiger charge is 2.54. The Bertz CT molecular complexity index is 2660. The van der Waals surface area contributed by atoms with Crippen molar-refractivity contribution >= 4 is 11.9 Å². The van der Waals surface area contributed by atoms with Gasteiger partial charge < -0.3 is 157 Å². The lowest BCUT2D eigenvalue weighted by atomic mass is 9.82. The van der Waals surface area contributed by atoms with Crippen LogP contribution in [0.2, 0.25) is 0 Å². The number of hydrogen-bond donors (Lipinski definition) is 21. The summed E-state index contributed by atoms with van der Waals surface area (Å²) in [5.74, 6) is -8.49. The van der Waals surface area contributed by atoms with Gasteiger partial charge in [0.15, 0.2) is 30.9 Å². The minimum atomic E-state index is -2.54. The fourth-order valence-corrected chi connectivity index (χ4v) is 12.6. The number of esters is 2. The molecule has 25 N–H and O–H groups in total. The van der Waals surface area contributed by atoms with Crippen LogP contribution in [0.15, 0.2) is 85.1 Å². The topological polar surface area (TPSA) is 574 Å². The molecule has 6 heterocycles. The Labute approximate surface area is 574 Å². The molecule has 6 rings (SSSR count). The average molecular weight is 1420 g/mol. The second-order valence-electron chi connectivity index (χ2n) is 26.7. The predicted molar refractivity (Wildman–Crippen MR) is 345 cm³/mol. The number of aliphatic hydroxyl groups excluding tert-OH is 16. The quantitative estimate of drug-likeness (QED) is 0.0809. The van der Waals surface area contributed by atoms with E-state index in [2.05, 4.69) is 0 Å². The number of cyclic esters (lactones) is 1. The zero-order chi connectivity index (χ0) is 73.2. The number of allylic oxidation sites excluding steroid dienone is 12. The van der Waals surface area contributed by atoms with Crippen molar-refractivity contribution in [1.82, 2.24) is 0 Å². The van der Waals surface area contributed by atoms with E-state index in [1.807, 2.05) is 0 Å². The molecule has 566 valence electrons. The van der Waals surface area contributed by atoms with Crippen LogP contribution >= 0.6 is 0 Å². The fraction of sp³-hybridized carbons (Fsp3) is 0.758. The molecule has 0 aromatic rings. The van der Waals surface area contributed by atoms with E-state index in [1.165, 1.54) is 19.1 Å². The molecule has 0 saturated carbocycles. The van der Waals surface area contributed by atoms with Gasteiger partial charge in [0.2, 0.25) is 0 Å². The molecule has 2 bridgehead atoms. The summed E-state index contributed by atoms with van der Waals surface area (Å²) < 4.78 is 58.6. The lowest BCUT2D eigenvalue weighted by Crippen LogP contribution is -2.68. The SMILES string of the molecule is CC1C=CC=CC=CC=CC=CC=CC=CC(OC2OC(C)C(O)C(N)C2O)CC2OC(O)(CC(O)CC(O)C(O)CCC(O)CC(O)CC(=O)OC(C)C(C)C1O)CC(O)C2C(=O)OCC1OC(O)C(N)C(O)C1COC1OC(CO)C(OC2OC(CO)C(O)C(O)C2N)C(O)C1N. The molecule has 0 amide bonds. The van der Waals surface area contributed by atoms with Crippen LogP contribution in [0.25, 0.3) is 0 Å². The van der Waals surface area contributed by atoms with E-state index in [0.29, 0.717) is 0 Å². The fourth-order valence-electron chi connectivity index (χ4n) is 12.6. The van der Waals surface area contributed by atoms with Gasteiger partial charge in [-0.15, -0.1) is 0 Å². The third-order valence-electron chi connectivity index (χ3n) is 18.9. The third-order valence-corrected chi connectivity index (χ3v) is 18.9. The lowest BCUT2D eigenvalue weighted by molar-refractivity contribution is -0.332. The van der Waals surface area contributed by atoms with Crippen molar-refractivity contribution in [3.63, 3.8) is 0 Å². The van der Waals surface area contributed by atoms with Crippen molar-refractivity contribution in [2.24, 2.45) is 46.6 Å². The molecular formula is C66H108N4O29. The Morgan fingerprint density at radius 3 is 1.75 bits per heavy atom. The summed E-state index contributed by atoms with van der Waals surface area (Å²) in [6.45, 7) is 3.58. The molecule has 33 heteroatoms. The first-order chi connectivity index (χ1) is 46.8. The summed E-state index contributed by atoms with van der Waals surface area (Å²) in [5, 5.41) is 187. The smallest absolute Gasteiger partial charge is 0.314 e. The molecule has 6 aliphatic rings. The van der Waals surface area contributed by atoms with Gasteiger partial charge in [-0.3, -0.25) is 9.59 Å². The molecule has 0 aromatic carbocycles. The first-order valence-electron chi connectivity index (χ1n) is 33.6. The summed E-state index contributed by atoms with van der Waals surface area (Å²) in [6, 6.07) is -5.69. The predicted octanol–water partition coefficient (Wildman–Crippen LogP) is -6.23. The van der Waals surface area contributed by atoms with Crippen LogP contribution < -0.4 is 22.9 Å². The number of rotatable bonds is 12. The van der Waals surface area contributed by atoms with Crippen molar-refractivity contribution in [1.29, 1.82) is 0 Å². The monoisotopic (exact) mass is 1420 g/mol. The van der Waals surface area contributed by atoms with Crippen molar-refractivity contribution in [2.75, 3.05) is 26.4 Å². The van der Waals surface area contributed by atoms with Crippen LogP contribution in [0.3, 0.4) is 0 Å². The molecule has 0 radical (unpaired) electrons. The maximum Gasteiger partial charge on any atom is 0.314 e. The van der Waals surface area contributed by atoms with Crippen LogP contribution in [0, 0.1) is 23.7 Å². The summed E-state index contributed by atoms with van der Waals surface area (Å²) in [6.07, 6.45) is -17.4. The number of carbonyl (C=O) groups is 2. The van der Waals surface area contributed by atoms with E-state index in [0.717, 1.165) is 0 Å². The van der Waals surface area contributed by atoms with Gasteiger partial charge in [-0.05, 0) is 33.1 Å². The van der Waals surface area contributed by atoms with E-state index >= 15 is 0 Å². The number of fused-ring (bicyclic) bond motifs is 2. The molecule has 5 fully saturated rings. The maximum atomic E-state index is 14.7. The van der Waals surface area contributed by atoms with Crippen molar-refractivity contribution in [2.45, 2.75) is 262 Å². The minimum Gasteiger partial charge on any atom is -0.463 e. The van der Waals surface area contributed by atoms with Gasteiger partial charge in [0.25, 0.3) is 0 Å². The molecule has 34 unspecified atom stereocenters. The summed E-state index contributed by atoms with van der Waals surface area (Å²) in [4.78, 5) is 27.5. The van der Waals surface area contributed by atoms with Gasteiger partial charge in [0, 0.05) is 43.4 Å². The van der Waals surface area contributed by atoms with Gasteiger partial charge in [0.05, 0.1) is 124 Å². The molecule has 34 atom stereocenters. The van der Waals surface area contributed by atoms with Gasteiger partial charge in [-0.1, -0.05) is 98.9 Å². The third kappa shape index (κ3) is 23.7. The minimum absolute atomic E-state index is 0.192. The average Bonchev–Trinajstić information content (AvgIpc) is 0.788. The molecular weight excluding hydrogens is 1310 g/mol. The van der Waals surface area contributed by atoms with Crippen LogP contribution in [-0.2, 0) is 57.0 Å². The molecule has 6 aliphatic heterocycles. The van der Waals surface area contributed by atoms with Crippen LogP contribution in [0.4, 0.5) is 0 Å². The number of aliphatic hydroxyl groups is 17. The van der Waals surface area contributed by atoms with E-state index in [-0.39, 0.29) is 25.2 Å². The summed E-state index contributed by atoms with van der Waals surface area (Å²) >= 11 is 0. The van der Waals surface area contributed by atoms with Gasteiger partial charge in [-0.25, -0.2) is 0 Å². The summed E-state index contributed by atoms with van der Waals surface area (Å²) in [7, 11) is 0. The first-order valence-corrected chi connectivity index (χ1v) is 33.6. The molecule has 33 nitrogen and oxygen atoms in total. The zero-order valence-electron chi connectivity index (χ0n) is 55.9. The molecule has 0 spiro atoms. The van der Waals surface area contributed by atoms with Crippen LogP contribution in [0.1, 0.15) is 79.1 Å². The number of nitrogens with two attached hydrogens (primary N) is 4. The van der Waals surface area contributed by atoms with Crippen LogP contribution in [0.5, 0.6) is 0 Å². The number of hydrogen-bond acceptors (Lipinski definition) is 33. The highest BCUT2D eigenvalue weighted by Crippen LogP contribution is 2.40. The Morgan fingerprint density at radius 2 is 1.12 bits per heavy atom. The maximum absolute atomic E-state index is 14.7.